The number of aromatic nitrogens is 1. The molecule has 0 saturated carbocycles. The van der Waals surface area contributed by atoms with Gasteiger partial charge in [-0.1, -0.05) is 17.7 Å². The quantitative estimate of drug-likeness (QED) is 0.758. The minimum atomic E-state index is -0.0299. The number of hydrazone groups is 1. The van der Waals surface area contributed by atoms with Crippen molar-refractivity contribution in [3.8, 4) is 0 Å². The van der Waals surface area contributed by atoms with Crippen LogP contribution in [0, 0.1) is 12.8 Å². The minimum Gasteiger partial charge on any atom is -0.357 e. The number of rotatable bonds is 3. The van der Waals surface area contributed by atoms with E-state index < -0.39 is 0 Å². The van der Waals surface area contributed by atoms with E-state index in [1.54, 1.807) is 11.2 Å². The molecule has 1 amide bonds. The molecule has 1 N–H and O–H groups in total. The number of hydrazine groups is 1. The lowest BCUT2D eigenvalue weighted by atomic mass is 9.94. The highest BCUT2D eigenvalue weighted by Gasteiger charge is 2.35. The predicted molar refractivity (Wildman–Crippen MR) is 127 cm³/mol. The zero-order valence-corrected chi connectivity index (χ0v) is 19.1. The van der Waals surface area contributed by atoms with Gasteiger partial charge in [0, 0.05) is 59.2 Å². The molecular formula is C24H27ClN6O. The molecule has 0 spiro atoms. The fourth-order valence-corrected chi connectivity index (χ4v) is 4.80. The van der Waals surface area contributed by atoms with E-state index in [0.29, 0.717) is 11.5 Å². The maximum atomic E-state index is 13.6. The summed E-state index contributed by atoms with van der Waals surface area (Å²) in [6.45, 7) is 6.42. The van der Waals surface area contributed by atoms with Crippen LogP contribution in [0.1, 0.15) is 31.9 Å². The van der Waals surface area contributed by atoms with Crippen LogP contribution < -0.4 is 10.3 Å². The van der Waals surface area contributed by atoms with Crippen LogP contribution in [0.15, 0.2) is 69.2 Å². The molecule has 4 aliphatic rings. The van der Waals surface area contributed by atoms with Gasteiger partial charge in [0.15, 0.2) is 0 Å². The van der Waals surface area contributed by atoms with E-state index in [9.17, 15) is 4.79 Å². The number of hydrogen-bond donors (Lipinski definition) is 1. The molecule has 7 nitrogen and oxygen atoms in total. The number of aryl methyl sites for hydroxylation is 1. The van der Waals surface area contributed by atoms with Gasteiger partial charge in [0.1, 0.15) is 5.82 Å². The van der Waals surface area contributed by atoms with E-state index in [4.69, 9.17) is 11.6 Å². The summed E-state index contributed by atoms with van der Waals surface area (Å²) in [6, 6.07) is 6.08. The average molecular weight is 451 g/mol. The fourth-order valence-electron chi connectivity index (χ4n) is 4.64. The van der Waals surface area contributed by atoms with Gasteiger partial charge in [0.25, 0.3) is 0 Å². The Morgan fingerprint density at radius 1 is 1.28 bits per heavy atom. The van der Waals surface area contributed by atoms with Crippen molar-refractivity contribution in [2.45, 2.75) is 33.1 Å². The Morgan fingerprint density at radius 3 is 2.84 bits per heavy atom. The summed E-state index contributed by atoms with van der Waals surface area (Å²) < 4.78 is 0. The number of pyridine rings is 1. The number of anilines is 1. The van der Waals surface area contributed by atoms with Crippen LogP contribution in [-0.4, -0.2) is 46.8 Å². The van der Waals surface area contributed by atoms with Gasteiger partial charge in [-0.15, -0.1) is 0 Å². The van der Waals surface area contributed by atoms with E-state index in [-0.39, 0.29) is 11.8 Å². The van der Waals surface area contributed by atoms with Crippen LogP contribution in [0.5, 0.6) is 0 Å². The number of piperidine rings is 1. The zero-order valence-electron chi connectivity index (χ0n) is 18.4. The number of hydrogen-bond acceptors (Lipinski definition) is 6. The van der Waals surface area contributed by atoms with Crippen LogP contribution in [-0.2, 0) is 4.79 Å². The molecule has 32 heavy (non-hydrogen) atoms. The molecule has 4 heterocycles. The molecule has 1 aromatic rings. The van der Waals surface area contributed by atoms with Crippen molar-refractivity contribution in [2.75, 3.05) is 24.5 Å². The van der Waals surface area contributed by atoms with Gasteiger partial charge in [0.2, 0.25) is 5.91 Å². The smallest absolute Gasteiger partial charge is 0.234 e. The van der Waals surface area contributed by atoms with Gasteiger partial charge < -0.3 is 4.90 Å². The Labute approximate surface area is 193 Å². The Kier molecular flexibility index (Phi) is 5.51. The first kappa shape index (κ1) is 20.8. The number of allylic oxidation sites excluding steroid dienone is 4. The van der Waals surface area contributed by atoms with Crippen molar-refractivity contribution in [3.05, 3.63) is 69.8 Å². The Hall–Kier alpha value is -3.06. The van der Waals surface area contributed by atoms with Crippen molar-refractivity contribution in [2.24, 2.45) is 11.0 Å². The number of nitrogens with zero attached hydrogens (tertiary/aromatic N) is 5. The molecule has 0 radical (unpaired) electrons. The molecule has 3 aliphatic heterocycles. The first-order valence-corrected chi connectivity index (χ1v) is 11.5. The van der Waals surface area contributed by atoms with Gasteiger partial charge in [0.05, 0.1) is 18.5 Å². The summed E-state index contributed by atoms with van der Waals surface area (Å²) in [6.07, 6.45) is 9.71. The third-order valence-corrected chi connectivity index (χ3v) is 6.62. The van der Waals surface area contributed by atoms with Crippen molar-refractivity contribution < 1.29 is 4.79 Å². The fraction of sp³-hybridized carbons (Fsp3) is 0.375. The van der Waals surface area contributed by atoms with Crippen LogP contribution in [0.25, 0.3) is 0 Å². The van der Waals surface area contributed by atoms with Crippen LogP contribution in [0.4, 0.5) is 5.82 Å². The predicted octanol–water partition coefficient (Wildman–Crippen LogP) is 3.82. The van der Waals surface area contributed by atoms with Gasteiger partial charge >= 0.3 is 0 Å². The Morgan fingerprint density at radius 2 is 2.09 bits per heavy atom. The summed E-state index contributed by atoms with van der Waals surface area (Å²) >= 11 is 6.44. The highest BCUT2D eigenvalue weighted by molar-refractivity contribution is 6.31. The van der Waals surface area contributed by atoms with Crippen molar-refractivity contribution >= 4 is 29.5 Å². The summed E-state index contributed by atoms with van der Waals surface area (Å²) in [5, 5.41) is 6.81. The molecule has 166 valence electrons. The molecular weight excluding hydrogens is 424 g/mol. The van der Waals surface area contributed by atoms with Gasteiger partial charge in [-0.3, -0.25) is 15.1 Å². The Balaban J connectivity index is 1.34. The summed E-state index contributed by atoms with van der Waals surface area (Å²) in [5.74, 6) is 1.09. The SMILES string of the molecule is CCN1N=CC2=C(N1)C1=C(C2)N(C(=O)C2CCN(c3cccc(C)n3)CC2)C=CC(Cl)=C1. The lowest BCUT2D eigenvalue weighted by Crippen LogP contribution is -2.41. The zero-order chi connectivity index (χ0) is 22.2. The second-order valence-electron chi connectivity index (χ2n) is 8.46. The number of nitrogens with one attached hydrogen (secondary N) is 1. The van der Waals surface area contributed by atoms with E-state index in [0.717, 1.165) is 66.5 Å². The maximum absolute atomic E-state index is 13.6. The molecule has 0 unspecified atom stereocenters. The number of carbonyl (C=O) groups excluding carboxylic acids is 1. The second-order valence-corrected chi connectivity index (χ2v) is 8.90. The van der Waals surface area contributed by atoms with E-state index in [1.165, 1.54) is 0 Å². The highest BCUT2D eigenvalue weighted by Crippen LogP contribution is 2.39. The molecule has 0 aromatic carbocycles. The lowest BCUT2D eigenvalue weighted by molar-refractivity contribution is -0.132. The number of amides is 1. The monoisotopic (exact) mass is 450 g/mol. The normalized spacial score (nSPS) is 20.8. The van der Waals surface area contributed by atoms with Gasteiger partial charge in [-0.05, 0) is 51.0 Å². The van der Waals surface area contributed by atoms with Crippen molar-refractivity contribution in [3.63, 3.8) is 0 Å². The standard InChI is InChI=1S/C24H27ClN6O/c1-3-31-26-15-18-13-21-20(23(18)28-31)14-19(25)9-12-30(21)24(32)17-7-10-29(11-8-17)22-6-4-5-16(2)27-22/h4-6,9,12,14-15,17,28H,3,7-8,10-11,13H2,1-2H3. The van der Waals surface area contributed by atoms with Gasteiger partial charge in [-0.25, -0.2) is 10.1 Å². The largest absolute Gasteiger partial charge is 0.357 e. The molecule has 0 bridgehead atoms. The molecule has 1 fully saturated rings. The molecule has 1 aromatic heterocycles. The molecule has 5 rings (SSSR count). The van der Waals surface area contributed by atoms with Crippen LogP contribution in [0.2, 0.25) is 0 Å². The molecule has 1 aliphatic carbocycles. The maximum Gasteiger partial charge on any atom is 0.234 e. The number of carbonyl (C=O) groups is 1. The Bertz CT molecular complexity index is 1090. The molecule has 8 heteroatoms. The van der Waals surface area contributed by atoms with E-state index >= 15 is 0 Å². The number of halogens is 1. The molecule has 1 saturated heterocycles. The summed E-state index contributed by atoms with van der Waals surface area (Å²) in [5.41, 5.74) is 8.36. The van der Waals surface area contributed by atoms with E-state index in [2.05, 4.69) is 20.4 Å². The first-order chi connectivity index (χ1) is 15.5. The van der Waals surface area contributed by atoms with Crippen molar-refractivity contribution in [1.29, 1.82) is 0 Å². The number of fused-ring (bicyclic) bond motifs is 1. The summed E-state index contributed by atoms with van der Waals surface area (Å²) in [4.78, 5) is 22.4. The third-order valence-electron chi connectivity index (χ3n) is 6.39. The minimum absolute atomic E-state index is 0.0299. The average Bonchev–Trinajstić information content (AvgIpc) is 3.07. The van der Waals surface area contributed by atoms with Crippen LogP contribution in [0.3, 0.4) is 0 Å². The van der Waals surface area contributed by atoms with Gasteiger partial charge in [-0.2, -0.15) is 5.10 Å². The van der Waals surface area contributed by atoms with Crippen LogP contribution >= 0.6 is 11.6 Å². The topological polar surface area (TPSA) is 64.1 Å². The highest BCUT2D eigenvalue weighted by atomic mass is 35.5. The van der Waals surface area contributed by atoms with E-state index in [1.807, 2.05) is 55.4 Å². The lowest BCUT2D eigenvalue weighted by Gasteiger charge is -2.34. The molecule has 0 atom stereocenters. The summed E-state index contributed by atoms with van der Waals surface area (Å²) in [7, 11) is 0. The van der Waals surface area contributed by atoms with Crippen molar-refractivity contribution in [1.82, 2.24) is 20.4 Å². The second kappa shape index (κ2) is 8.47. The third kappa shape index (κ3) is 3.81. The first-order valence-electron chi connectivity index (χ1n) is 11.2.